The minimum atomic E-state index is -1.54. The van der Waals surface area contributed by atoms with E-state index >= 15 is 0 Å². The van der Waals surface area contributed by atoms with Gasteiger partial charge in [0, 0.05) is 31.5 Å². The second kappa shape index (κ2) is 13.0. The lowest BCUT2D eigenvalue weighted by Crippen LogP contribution is -2.63. The molecule has 0 spiro atoms. The van der Waals surface area contributed by atoms with Crippen LogP contribution in [0.3, 0.4) is 0 Å². The van der Waals surface area contributed by atoms with Crippen LogP contribution in [0.15, 0.2) is 42.5 Å². The molecule has 2 heterocycles. The Morgan fingerprint density at radius 2 is 1.73 bits per heavy atom. The average molecular weight is 609 g/mol. The van der Waals surface area contributed by atoms with Gasteiger partial charge in [0.15, 0.2) is 0 Å². The Labute approximate surface area is 260 Å². The second-order valence-corrected chi connectivity index (χ2v) is 13.6. The maximum atomic E-state index is 12.8. The lowest BCUT2D eigenvalue weighted by Gasteiger charge is -2.45. The van der Waals surface area contributed by atoms with E-state index in [1.807, 2.05) is 44.1 Å². The molecule has 1 aliphatic carbocycles. The first-order chi connectivity index (χ1) is 20.9. The summed E-state index contributed by atoms with van der Waals surface area (Å²) >= 11 is 0. The quantitative estimate of drug-likeness (QED) is 0.273. The van der Waals surface area contributed by atoms with Crippen molar-refractivity contribution in [1.29, 1.82) is 0 Å². The van der Waals surface area contributed by atoms with Crippen molar-refractivity contribution in [2.45, 2.75) is 94.9 Å². The van der Waals surface area contributed by atoms with Gasteiger partial charge in [0.25, 0.3) is 0 Å². The Balaban J connectivity index is 1.15. The molecule has 2 aromatic carbocycles. The van der Waals surface area contributed by atoms with Crippen LogP contribution in [-0.2, 0) is 37.7 Å². The van der Waals surface area contributed by atoms with Crippen LogP contribution in [0.2, 0.25) is 0 Å². The molecule has 2 saturated heterocycles. The number of fused-ring (bicyclic) bond motifs is 2. The van der Waals surface area contributed by atoms with Gasteiger partial charge in [-0.1, -0.05) is 42.8 Å². The SMILES string of the molecule is Cc1ccc([C@]23OC[C@](C)(O2)[C@@H](O)[C@H](O)[C@H]3O)cc1Cc1ccc(CCCC(=O)CC2(C(=O)NCCN(C)C)CCC2)cc1. The largest absolute Gasteiger partial charge is 0.387 e. The zero-order chi connectivity index (χ0) is 31.7. The normalized spacial score (nSPS) is 29.0. The van der Waals surface area contributed by atoms with Gasteiger partial charge in [-0.25, -0.2) is 0 Å². The number of benzene rings is 2. The monoisotopic (exact) mass is 608 g/mol. The zero-order valence-electron chi connectivity index (χ0n) is 26.5. The van der Waals surface area contributed by atoms with E-state index in [2.05, 4.69) is 29.6 Å². The van der Waals surface area contributed by atoms with Gasteiger partial charge < -0.3 is 35.0 Å². The highest BCUT2D eigenvalue weighted by molar-refractivity contribution is 5.90. The number of ketones is 1. The Hall–Kier alpha value is -2.66. The molecule has 44 heavy (non-hydrogen) atoms. The van der Waals surface area contributed by atoms with Crippen LogP contribution >= 0.6 is 0 Å². The number of aliphatic hydroxyl groups is 3. The molecular formula is C35H48N2O7. The number of carbonyl (C=O) groups is 2. The molecule has 2 aromatic rings. The first kappa shape index (κ1) is 32.7. The smallest absolute Gasteiger partial charge is 0.226 e. The van der Waals surface area contributed by atoms with E-state index in [-0.39, 0.29) is 18.3 Å². The number of hydrogen-bond acceptors (Lipinski definition) is 8. The Morgan fingerprint density at radius 3 is 2.39 bits per heavy atom. The average Bonchev–Trinajstić information content (AvgIpc) is 3.32. The fourth-order valence-corrected chi connectivity index (χ4v) is 6.77. The van der Waals surface area contributed by atoms with Gasteiger partial charge in [-0.15, -0.1) is 0 Å². The number of nitrogens with zero attached hydrogens (tertiary/aromatic N) is 1. The molecule has 9 heteroatoms. The van der Waals surface area contributed by atoms with Crippen LogP contribution in [-0.4, -0.2) is 89.6 Å². The first-order valence-corrected chi connectivity index (χ1v) is 15.9. The summed E-state index contributed by atoms with van der Waals surface area (Å²) in [6.07, 6.45) is 1.54. The third-order valence-corrected chi connectivity index (χ3v) is 9.88. The van der Waals surface area contributed by atoms with Gasteiger partial charge in [0.2, 0.25) is 11.7 Å². The summed E-state index contributed by atoms with van der Waals surface area (Å²) in [4.78, 5) is 27.7. The van der Waals surface area contributed by atoms with Crippen molar-refractivity contribution in [3.8, 4) is 0 Å². The second-order valence-electron chi connectivity index (χ2n) is 13.6. The minimum absolute atomic E-state index is 0.0306. The van der Waals surface area contributed by atoms with Crippen LogP contribution in [0.5, 0.6) is 0 Å². The Bertz CT molecular complexity index is 1340. The van der Waals surface area contributed by atoms with Crippen LogP contribution in [0.25, 0.3) is 0 Å². The van der Waals surface area contributed by atoms with E-state index in [9.17, 15) is 24.9 Å². The number of carbonyl (C=O) groups excluding carboxylic acids is 2. The molecule has 5 rings (SSSR count). The van der Waals surface area contributed by atoms with E-state index in [1.165, 1.54) is 0 Å². The van der Waals surface area contributed by atoms with Crippen LogP contribution in [0, 0.1) is 12.3 Å². The number of amides is 1. The first-order valence-electron chi connectivity index (χ1n) is 15.9. The fraction of sp³-hybridized carbons (Fsp3) is 0.600. The highest BCUT2D eigenvalue weighted by Crippen LogP contribution is 2.49. The summed E-state index contributed by atoms with van der Waals surface area (Å²) in [7, 11) is 3.95. The van der Waals surface area contributed by atoms with E-state index in [1.54, 1.807) is 6.92 Å². The van der Waals surface area contributed by atoms with E-state index in [0.29, 0.717) is 31.4 Å². The molecule has 0 radical (unpaired) electrons. The van der Waals surface area contributed by atoms with Crippen molar-refractivity contribution < 1.29 is 34.4 Å². The van der Waals surface area contributed by atoms with E-state index in [4.69, 9.17) is 9.47 Å². The Morgan fingerprint density at radius 1 is 1.02 bits per heavy atom. The summed E-state index contributed by atoms with van der Waals surface area (Å²) in [6, 6.07) is 14.1. The molecule has 4 N–H and O–H groups in total. The summed E-state index contributed by atoms with van der Waals surface area (Å²) < 4.78 is 12.1. The van der Waals surface area contributed by atoms with Gasteiger partial charge in [-0.3, -0.25) is 9.59 Å². The number of Topliss-reactive ketones (excluding diaryl/α,β-unsaturated/α-hetero) is 1. The van der Waals surface area contributed by atoms with Gasteiger partial charge >= 0.3 is 0 Å². The fourth-order valence-electron chi connectivity index (χ4n) is 6.77. The number of ether oxygens (including phenoxy) is 2. The summed E-state index contributed by atoms with van der Waals surface area (Å²) in [5, 5.41) is 34.9. The van der Waals surface area contributed by atoms with Gasteiger partial charge in [0.1, 0.15) is 29.7 Å². The third-order valence-electron chi connectivity index (χ3n) is 9.88. The van der Waals surface area contributed by atoms with Crippen LogP contribution in [0.1, 0.15) is 73.3 Å². The third kappa shape index (κ3) is 6.50. The lowest BCUT2D eigenvalue weighted by atomic mass is 9.65. The molecule has 3 fully saturated rings. The molecule has 5 atom stereocenters. The predicted molar refractivity (Wildman–Crippen MR) is 166 cm³/mol. The molecule has 2 aliphatic heterocycles. The molecule has 3 aliphatic rings. The maximum absolute atomic E-state index is 12.8. The van der Waals surface area contributed by atoms with E-state index < -0.39 is 35.1 Å². The number of rotatable bonds is 13. The predicted octanol–water partition coefficient (Wildman–Crippen LogP) is 2.77. The van der Waals surface area contributed by atoms with Crippen molar-refractivity contribution in [2.24, 2.45) is 5.41 Å². The molecule has 1 saturated carbocycles. The van der Waals surface area contributed by atoms with Gasteiger partial charge in [0.05, 0.1) is 12.0 Å². The summed E-state index contributed by atoms with van der Waals surface area (Å²) in [6.45, 7) is 5.15. The van der Waals surface area contributed by atoms with Crippen molar-refractivity contribution in [2.75, 3.05) is 33.8 Å². The molecule has 9 nitrogen and oxygen atoms in total. The van der Waals surface area contributed by atoms with Crippen LogP contribution < -0.4 is 5.32 Å². The van der Waals surface area contributed by atoms with Crippen LogP contribution in [0.4, 0.5) is 0 Å². The minimum Gasteiger partial charge on any atom is -0.387 e. The highest BCUT2D eigenvalue weighted by atomic mass is 16.8. The molecule has 240 valence electrons. The molecule has 1 amide bonds. The number of likely N-dealkylation sites (N-methyl/N-ethyl adjacent to an activating group) is 1. The molecule has 0 aromatic heterocycles. The highest BCUT2D eigenvalue weighted by Gasteiger charge is 2.65. The topological polar surface area (TPSA) is 129 Å². The molecule has 0 unspecified atom stereocenters. The van der Waals surface area contributed by atoms with Gasteiger partial charge in [-0.05, 0) is 88.4 Å². The van der Waals surface area contributed by atoms with Crippen molar-refractivity contribution >= 4 is 11.7 Å². The lowest BCUT2D eigenvalue weighted by molar-refractivity contribution is -0.322. The van der Waals surface area contributed by atoms with Crippen molar-refractivity contribution in [3.63, 3.8) is 0 Å². The number of nitrogens with one attached hydrogen (secondary N) is 1. The summed E-state index contributed by atoms with van der Waals surface area (Å²) in [5.41, 5.74) is 3.39. The molecular weight excluding hydrogens is 560 g/mol. The van der Waals surface area contributed by atoms with Crippen molar-refractivity contribution in [3.05, 3.63) is 70.3 Å². The Kier molecular flexibility index (Phi) is 9.66. The number of hydrogen-bond donors (Lipinski definition) is 4. The van der Waals surface area contributed by atoms with E-state index in [0.717, 1.165) is 60.9 Å². The zero-order valence-corrected chi connectivity index (χ0v) is 26.5. The molecule has 2 bridgehead atoms. The summed E-state index contributed by atoms with van der Waals surface area (Å²) in [5.74, 6) is -1.34. The van der Waals surface area contributed by atoms with Crippen molar-refractivity contribution in [1.82, 2.24) is 10.2 Å². The number of aryl methyl sites for hydroxylation is 2. The standard InChI is InChI=1S/C35H48N2O7/c1-23-9-14-27(35-31(41)29(39)30(40)33(2,44-35)22-43-35)20-26(23)19-25-12-10-24(11-13-25)7-5-8-28(38)21-34(15-6-16-34)32(42)36-17-18-37(3)4/h9-14,20,29-31,39-41H,5-8,15-19,21-22H2,1-4H3,(H,36,42)/t29-,30-,31+,33-,35-/m0/s1. The maximum Gasteiger partial charge on any atom is 0.226 e. The number of aliphatic hydroxyl groups excluding tert-OH is 3. The van der Waals surface area contributed by atoms with Gasteiger partial charge in [-0.2, -0.15) is 0 Å².